The average molecular weight is 489 g/mol. The number of amides is 2. The summed E-state index contributed by atoms with van der Waals surface area (Å²) in [5.74, 6) is 1.83. The molecule has 7 nitrogen and oxygen atoms in total. The highest BCUT2D eigenvalue weighted by Gasteiger charge is 2.32. The number of thiazole rings is 1. The van der Waals surface area contributed by atoms with Crippen molar-refractivity contribution in [2.45, 2.75) is 38.8 Å². The molecule has 2 aromatic carbocycles. The summed E-state index contributed by atoms with van der Waals surface area (Å²) in [7, 11) is 0. The molecule has 1 fully saturated rings. The van der Waals surface area contributed by atoms with Gasteiger partial charge in [0.1, 0.15) is 18.1 Å². The minimum atomic E-state index is -0.446. The van der Waals surface area contributed by atoms with E-state index in [0.717, 1.165) is 41.9 Å². The second-order valence-corrected chi connectivity index (χ2v) is 9.74. The van der Waals surface area contributed by atoms with Crippen molar-refractivity contribution in [2.75, 3.05) is 19.7 Å². The Kier molecular flexibility index (Phi) is 7.57. The van der Waals surface area contributed by atoms with E-state index < -0.39 is 6.03 Å². The number of fused-ring (bicyclic) bond motifs is 1. The van der Waals surface area contributed by atoms with Crippen LogP contribution in [0.2, 0.25) is 5.02 Å². The number of nitrogens with zero attached hydrogens (tertiary/aromatic N) is 2. The SMILES string of the molecule is CC[C@H]1C[C@@H](NC(N)=O)C(C)CN1CCOc1ccc(Oc2nc3cccc(Cl)c3s2)cc1. The number of urea groups is 1. The molecule has 2 heterocycles. The smallest absolute Gasteiger partial charge is 0.312 e. The standard InChI is InChI=1S/C24H29ClN4O3S/c1-3-16-13-21(27-23(26)30)15(2)14-29(16)11-12-31-17-7-9-18(10-8-17)32-24-28-20-6-4-5-19(25)22(20)33-24/h4-10,15-16,21H,3,11-14H2,1-2H3,(H3,26,27,30)/t15?,16-,21+/m0/s1. The number of ether oxygens (including phenoxy) is 2. The lowest BCUT2D eigenvalue weighted by Gasteiger charge is -2.42. The molecule has 176 valence electrons. The van der Waals surface area contributed by atoms with Crippen molar-refractivity contribution in [3.8, 4) is 16.7 Å². The number of likely N-dealkylation sites (tertiary alicyclic amines) is 1. The molecular weight excluding hydrogens is 460 g/mol. The van der Waals surface area contributed by atoms with Crippen LogP contribution in [-0.2, 0) is 0 Å². The Morgan fingerprint density at radius 2 is 2.03 bits per heavy atom. The van der Waals surface area contributed by atoms with Crippen LogP contribution in [0.25, 0.3) is 10.2 Å². The molecule has 33 heavy (non-hydrogen) atoms. The number of aromatic nitrogens is 1. The van der Waals surface area contributed by atoms with Gasteiger partial charge in [0.15, 0.2) is 0 Å². The predicted octanol–water partition coefficient (Wildman–Crippen LogP) is 5.28. The first kappa shape index (κ1) is 23.6. The Morgan fingerprint density at radius 3 is 2.73 bits per heavy atom. The van der Waals surface area contributed by atoms with Gasteiger partial charge in [-0.1, -0.05) is 42.9 Å². The van der Waals surface area contributed by atoms with E-state index >= 15 is 0 Å². The molecule has 3 aromatic rings. The normalized spacial score (nSPS) is 21.1. The Balaban J connectivity index is 1.28. The molecule has 1 saturated heterocycles. The summed E-state index contributed by atoms with van der Waals surface area (Å²) in [6.07, 6.45) is 1.93. The number of nitrogens with one attached hydrogen (secondary N) is 1. The Hall–Kier alpha value is -2.55. The summed E-state index contributed by atoms with van der Waals surface area (Å²) in [6.45, 7) is 6.66. The van der Waals surface area contributed by atoms with Crippen LogP contribution in [0.5, 0.6) is 16.7 Å². The van der Waals surface area contributed by atoms with Gasteiger partial charge in [0.2, 0.25) is 0 Å². The zero-order chi connectivity index (χ0) is 23.4. The van der Waals surface area contributed by atoms with Gasteiger partial charge < -0.3 is 20.5 Å². The summed E-state index contributed by atoms with van der Waals surface area (Å²) < 4.78 is 12.8. The summed E-state index contributed by atoms with van der Waals surface area (Å²) in [6, 6.07) is 13.3. The van der Waals surface area contributed by atoms with Crippen molar-refractivity contribution in [2.24, 2.45) is 11.7 Å². The molecule has 0 spiro atoms. The monoisotopic (exact) mass is 488 g/mol. The second kappa shape index (κ2) is 10.6. The van der Waals surface area contributed by atoms with E-state index in [0.29, 0.717) is 34.5 Å². The zero-order valence-electron chi connectivity index (χ0n) is 18.8. The molecule has 0 radical (unpaired) electrons. The lowest BCUT2D eigenvalue weighted by Crippen LogP contribution is -2.55. The van der Waals surface area contributed by atoms with Crippen molar-refractivity contribution in [1.82, 2.24) is 15.2 Å². The number of halogens is 1. The number of hydrogen-bond acceptors (Lipinski definition) is 6. The van der Waals surface area contributed by atoms with Crippen molar-refractivity contribution in [1.29, 1.82) is 0 Å². The minimum absolute atomic E-state index is 0.128. The second-order valence-electron chi connectivity index (χ2n) is 8.37. The molecule has 3 atom stereocenters. The van der Waals surface area contributed by atoms with Gasteiger partial charge in [-0.3, -0.25) is 4.90 Å². The quantitative estimate of drug-likeness (QED) is 0.450. The van der Waals surface area contributed by atoms with Crippen molar-refractivity contribution in [3.63, 3.8) is 0 Å². The minimum Gasteiger partial charge on any atom is -0.492 e. The molecule has 1 aliphatic rings. The molecule has 1 aromatic heterocycles. The number of piperidine rings is 1. The van der Waals surface area contributed by atoms with Crippen LogP contribution in [0.1, 0.15) is 26.7 Å². The molecule has 3 N–H and O–H groups in total. The fourth-order valence-corrected chi connectivity index (χ4v) is 5.45. The molecule has 0 saturated carbocycles. The third-order valence-electron chi connectivity index (χ3n) is 6.07. The number of rotatable bonds is 8. The van der Waals surface area contributed by atoms with Gasteiger partial charge in [-0.25, -0.2) is 9.78 Å². The lowest BCUT2D eigenvalue weighted by atomic mass is 9.88. The van der Waals surface area contributed by atoms with Crippen molar-refractivity contribution < 1.29 is 14.3 Å². The summed E-state index contributed by atoms with van der Waals surface area (Å²) in [5.41, 5.74) is 6.16. The number of benzene rings is 2. The van der Waals surface area contributed by atoms with Gasteiger partial charge in [-0.15, -0.1) is 0 Å². The van der Waals surface area contributed by atoms with E-state index in [4.69, 9.17) is 26.8 Å². The van der Waals surface area contributed by atoms with Crippen molar-refractivity contribution in [3.05, 3.63) is 47.5 Å². The van der Waals surface area contributed by atoms with Gasteiger partial charge in [-0.2, -0.15) is 0 Å². The van der Waals surface area contributed by atoms with Crippen LogP contribution in [0.4, 0.5) is 4.79 Å². The lowest BCUT2D eigenvalue weighted by molar-refractivity contribution is 0.0728. The third kappa shape index (κ3) is 5.88. The van der Waals surface area contributed by atoms with Gasteiger partial charge in [0.05, 0.1) is 15.2 Å². The van der Waals surface area contributed by atoms with Crippen LogP contribution >= 0.6 is 22.9 Å². The molecular formula is C24H29ClN4O3S. The fourth-order valence-electron chi connectivity index (χ4n) is 4.33. The van der Waals surface area contributed by atoms with Gasteiger partial charge in [-0.05, 0) is 55.2 Å². The van der Waals surface area contributed by atoms with E-state index in [2.05, 4.69) is 29.0 Å². The number of carbonyl (C=O) groups is 1. The third-order valence-corrected chi connectivity index (χ3v) is 7.48. The molecule has 9 heteroatoms. The van der Waals surface area contributed by atoms with Crippen molar-refractivity contribution >= 4 is 39.2 Å². The Morgan fingerprint density at radius 1 is 1.27 bits per heavy atom. The average Bonchev–Trinajstić information content (AvgIpc) is 3.20. The van der Waals surface area contributed by atoms with Crippen LogP contribution < -0.4 is 20.5 Å². The predicted molar refractivity (Wildman–Crippen MR) is 133 cm³/mol. The molecule has 4 rings (SSSR count). The van der Waals surface area contributed by atoms with Crippen LogP contribution in [-0.4, -0.2) is 47.7 Å². The van der Waals surface area contributed by atoms with E-state index in [-0.39, 0.29) is 6.04 Å². The topological polar surface area (TPSA) is 89.7 Å². The van der Waals surface area contributed by atoms with Gasteiger partial charge in [0.25, 0.3) is 5.19 Å². The van der Waals surface area contributed by atoms with Crippen LogP contribution in [0.3, 0.4) is 0 Å². The highest BCUT2D eigenvalue weighted by molar-refractivity contribution is 7.20. The number of hydrogen-bond donors (Lipinski definition) is 2. The Bertz CT molecular complexity index is 1090. The number of carbonyl (C=O) groups excluding carboxylic acids is 1. The number of primary amides is 1. The summed E-state index contributed by atoms with van der Waals surface area (Å²) in [5, 5.41) is 4.12. The van der Waals surface area contributed by atoms with Gasteiger partial charge >= 0.3 is 6.03 Å². The summed E-state index contributed by atoms with van der Waals surface area (Å²) in [4.78, 5) is 18.2. The highest BCUT2D eigenvalue weighted by Crippen LogP contribution is 2.35. The first-order chi connectivity index (χ1) is 15.9. The van der Waals surface area contributed by atoms with E-state index in [1.165, 1.54) is 11.3 Å². The molecule has 1 unspecified atom stereocenters. The zero-order valence-corrected chi connectivity index (χ0v) is 20.4. The maximum atomic E-state index is 11.3. The number of nitrogens with two attached hydrogens (primary N) is 1. The fraction of sp³-hybridized carbons (Fsp3) is 0.417. The molecule has 0 bridgehead atoms. The maximum Gasteiger partial charge on any atom is 0.312 e. The van der Waals surface area contributed by atoms with Gasteiger partial charge in [0, 0.05) is 25.2 Å². The maximum absolute atomic E-state index is 11.3. The molecule has 2 amide bonds. The Labute approximate surface area is 202 Å². The van der Waals surface area contributed by atoms with E-state index in [9.17, 15) is 4.79 Å². The summed E-state index contributed by atoms with van der Waals surface area (Å²) >= 11 is 7.65. The van der Waals surface area contributed by atoms with E-state index in [1.54, 1.807) is 0 Å². The largest absolute Gasteiger partial charge is 0.492 e. The van der Waals surface area contributed by atoms with Crippen LogP contribution in [0, 0.1) is 5.92 Å². The van der Waals surface area contributed by atoms with E-state index in [1.807, 2.05) is 42.5 Å². The first-order valence-corrected chi connectivity index (χ1v) is 12.4. The van der Waals surface area contributed by atoms with Crippen LogP contribution in [0.15, 0.2) is 42.5 Å². The molecule has 1 aliphatic heterocycles. The highest BCUT2D eigenvalue weighted by atomic mass is 35.5. The molecule has 0 aliphatic carbocycles. The first-order valence-electron chi connectivity index (χ1n) is 11.2.